The highest BCUT2D eigenvalue weighted by atomic mass is 32.2. The number of fused-ring (bicyclic) bond motifs is 2. The molecule has 5 nitrogen and oxygen atoms in total. The van der Waals surface area contributed by atoms with E-state index in [-0.39, 0.29) is 5.89 Å². The van der Waals surface area contributed by atoms with E-state index in [0.29, 0.717) is 27.0 Å². The minimum Gasteiger partial charge on any atom is -0.403 e. The van der Waals surface area contributed by atoms with Gasteiger partial charge in [0.15, 0.2) is 0 Å². The molecule has 0 aliphatic rings. The van der Waals surface area contributed by atoms with Crippen molar-refractivity contribution in [3.63, 3.8) is 0 Å². The molecule has 0 aliphatic carbocycles. The molecule has 6 heteroatoms. The number of anilines is 1. The van der Waals surface area contributed by atoms with Gasteiger partial charge in [0.25, 0.3) is 0 Å². The third-order valence-electron chi connectivity index (χ3n) is 4.83. The maximum Gasteiger partial charge on any atom is 0.347 e. The molecule has 0 amide bonds. The van der Waals surface area contributed by atoms with Crippen molar-refractivity contribution in [1.29, 1.82) is 0 Å². The zero-order valence-corrected chi connectivity index (χ0v) is 16.6. The molecule has 0 spiro atoms. The van der Waals surface area contributed by atoms with Gasteiger partial charge in [-0.3, -0.25) is 0 Å². The van der Waals surface area contributed by atoms with Crippen LogP contribution in [0.2, 0.25) is 0 Å². The normalized spacial score (nSPS) is 12.1. The zero-order valence-electron chi connectivity index (χ0n) is 15.7. The lowest BCUT2D eigenvalue weighted by atomic mass is 10.1. The molecular weight excluding hydrogens is 396 g/mol. The van der Waals surface area contributed by atoms with Gasteiger partial charge >= 0.3 is 5.63 Å². The monoisotopic (exact) mass is 412 g/mol. The summed E-state index contributed by atoms with van der Waals surface area (Å²) < 4.78 is 21.5. The van der Waals surface area contributed by atoms with Gasteiger partial charge in [0, 0.05) is 0 Å². The number of hydrogen-bond donors (Lipinski definition) is 1. The summed E-state index contributed by atoms with van der Waals surface area (Å²) in [5, 5.41) is 2.52. The van der Waals surface area contributed by atoms with Crippen molar-refractivity contribution in [3.8, 4) is 11.5 Å². The van der Waals surface area contributed by atoms with Gasteiger partial charge < -0.3 is 9.14 Å². The van der Waals surface area contributed by atoms with Crippen LogP contribution in [-0.2, 0) is 11.0 Å². The number of nitrogens with zero attached hydrogens (tertiary/aromatic N) is 1. The van der Waals surface area contributed by atoms with E-state index >= 15 is 0 Å². The highest BCUT2D eigenvalue weighted by Crippen LogP contribution is 2.28. The fourth-order valence-electron chi connectivity index (χ4n) is 3.33. The first-order chi connectivity index (χ1) is 14.7. The summed E-state index contributed by atoms with van der Waals surface area (Å²) in [4.78, 5) is 17.5. The molecule has 0 saturated heterocycles. The van der Waals surface area contributed by atoms with Crippen molar-refractivity contribution in [2.75, 3.05) is 4.72 Å². The van der Waals surface area contributed by atoms with Gasteiger partial charge in [-0.15, -0.1) is 0 Å². The van der Waals surface area contributed by atoms with E-state index in [1.54, 1.807) is 30.3 Å². The first kappa shape index (κ1) is 18.3. The van der Waals surface area contributed by atoms with Crippen LogP contribution < -0.4 is 10.3 Å². The van der Waals surface area contributed by atoms with E-state index in [9.17, 15) is 9.00 Å². The van der Waals surface area contributed by atoms with Gasteiger partial charge in [-0.2, -0.15) is 0 Å². The van der Waals surface area contributed by atoms with E-state index in [4.69, 9.17) is 4.42 Å². The van der Waals surface area contributed by atoms with E-state index in [2.05, 4.69) is 9.71 Å². The second kappa shape index (κ2) is 7.57. The average molecular weight is 412 g/mol. The van der Waals surface area contributed by atoms with Crippen LogP contribution in [0.3, 0.4) is 0 Å². The third-order valence-corrected chi connectivity index (χ3v) is 5.92. The SMILES string of the molecule is O=c1oc(-c2ccccc2N[S@](=O)c2ccc3ccccc3c2)nc2ccccc12. The fraction of sp³-hybridized carbons (Fsp3) is 0. The van der Waals surface area contributed by atoms with E-state index in [0.717, 1.165) is 10.8 Å². The lowest BCUT2D eigenvalue weighted by molar-refractivity contribution is 0.518. The third kappa shape index (κ3) is 3.38. The molecule has 1 atom stereocenters. The molecule has 5 rings (SSSR count). The Hall–Kier alpha value is -3.77. The highest BCUT2D eigenvalue weighted by molar-refractivity contribution is 7.86. The molecule has 146 valence electrons. The Morgan fingerprint density at radius 3 is 2.43 bits per heavy atom. The molecule has 1 aromatic heterocycles. The molecule has 0 fully saturated rings. The van der Waals surface area contributed by atoms with Crippen LogP contribution in [0, 0.1) is 0 Å². The van der Waals surface area contributed by atoms with Gasteiger partial charge in [0.05, 0.1) is 27.0 Å². The lowest BCUT2D eigenvalue weighted by Crippen LogP contribution is -2.07. The summed E-state index contributed by atoms with van der Waals surface area (Å²) in [6.07, 6.45) is 0. The molecule has 4 aromatic carbocycles. The Balaban J connectivity index is 1.53. The molecule has 1 heterocycles. The smallest absolute Gasteiger partial charge is 0.347 e. The molecule has 0 unspecified atom stereocenters. The number of aromatic nitrogens is 1. The number of para-hydroxylation sites is 2. The van der Waals surface area contributed by atoms with Crippen LogP contribution in [0.1, 0.15) is 0 Å². The van der Waals surface area contributed by atoms with Crippen LogP contribution in [0.15, 0.2) is 105 Å². The Labute approximate surface area is 174 Å². The first-order valence-electron chi connectivity index (χ1n) is 9.35. The molecular formula is C24H16N2O3S. The zero-order chi connectivity index (χ0) is 20.5. The van der Waals surface area contributed by atoms with E-state index in [1.165, 1.54) is 0 Å². The standard InChI is InChI=1S/C24H16N2O3S/c27-24-20-10-4-5-11-21(20)25-23(29-24)19-9-3-6-12-22(19)26-30(28)18-14-13-16-7-1-2-8-17(16)15-18/h1-15,26H/t30-/m1/s1. The lowest BCUT2D eigenvalue weighted by Gasteiger charge is -2.11. The van der Waals surface area contributed by atoms with Gasteiger partial charge in [0.1, 0.15) is 11.0 Å². The van der Waals surface area contributed by atoms with Gasteiger partial charge in [-0.05, 0) is 47.2 Å². The summed E-state index contributed by atoms with van der Waals surface area (Å²) in [7, 11) is -1.50. The fourth-order valence-corrected chi connectivity index (χ4v) is 4.26. The van der Waals surface area contributed by atoms with Crippen LogP contribution >= 0.6 is 0 Å². The van der Waals surface area contributed by atoms with Crippen LogP contribution in [0.25, 0.3) is 33.1 Å². The molecule has 0 saturated carbocycles. The summed E-state index contributed by atoms with van der Waals surface area (Å²) >= 11 is 0. The van der Waals surface area contributed by atoms with E-state index < -0.39 is 16.6 Å². The predicted octanol–water partition coefficient (Wildman–Crippen LogP) is 5.14. The summed E-state index contributed by atoms with van der Waals surface area (Å²) in [5.74, 6) is 0.178. The van der Waals surface area contributed by atoms with Crippen molar-refractivity contribution in [3.05, 3.63) is 101 Å². The molecule has 0 bridgehead atoms. The number of nitrogens with one attached hydrogen (secondary N) is 1. The maximum absolute atomic E-state index is 13.0. The summed E-state index contributed by atoms with van der Waals surface area (Å²) in [5.41, 5.74) is 1.22. The minimum atomic E-state index is -1.50. The molecule has 30 heavy (non-hydrogen) atoms. The van der Waals surface area contributed by atoms with Gasteiger partial charge in [0.2, 0.25) is 5.89 Å². The van der Waals surface area contributed by atoms with Crippen LogP contribution in [0.5, 0.6) is 0 Å². The van der Waals surface area contributed by atoms with E-state index in [1.807, 2.05) is 60.7 Å². The number of benzene rings is 4. The second-order valence-corrected chi connectivity index (χ2v) is 7.96. The Kier molecular flexibility index (Phi) is 4.61. The summed E-state index contributed by atoms with van der Waals surface area (Å²) in [6, 6.07) is 27.8. The highest BCUT2D eigenvalue weighted by Gasteiger charge is 2.14. The Morgan fingerprint density at radius 1 is 0.800 bits per heavy atom. The molecule has 5 aromatic rings. The van der Waals surface area contributed by atoms with Crippen LogP contribution in [-0.4, -0.2) is 9.19 Å². The van der Waals surface area contributed by atoms with Gasteiger partial charge in [-0.25, -0.2) is 14.0 Å². The topological polar surface area (TPSA) is 72.2 Å². The first-order valence-corrected chi connectivity index (χ1v) is 10.5. The minimum absolute atomic E-state index is 0.178. The molecule has 0 radical (unpaired) electrons. The Bertz CT molecular complexity index is 1480. The maximum atomic E-state index is 13.0. The second-order valence-electron chi connectivity index (χ2n) is 6.75. The quantitative estimate of drug-likeness (QED) is 0.443. The average Bonchev–Trinajstić information content (AvgIpc) is 2.79. The van der Waals surface area contributed by atoms with Crippen LogP contribution in [0.4, 0.5) is 5.69 Å². The summed E-state index contributed by atoms with van der Waals surface area (Å²) in [6.45, 7) is 0. The van der Waals surface area contributed by atoms with Crippen molar-refractivity contribution in [2.45, 2.75) is 4.90 Å². The largest absolute Gasteiger partial charge is 0.403 e. The Morgan fingerprint density at radius 2 is 1.53 bits per heavy atom. The molecule has 1 N–H and O–H groups in total. The van der Waals surface area contributed by atoms with Crippen molar-refractivity contribution >= 4 is 38.3 Å². The van der Waals surface area contributed by atoms with Crippen molar-refractivity contribution in [2.24, 2.45) is 0 Å². The van der Waals surface area contributed by atoms with Gasteiger partial charge in [-0.1, -0.05) is 54.6 Å². The van der Waals surface area contributed by atoms with Crippen molar-refractivity contribution in [1.82, 2.24) is 4.98 Å². The number of hydrogen-bond acceptors (Lipinski definition) is 4. The molecule has 0 aliphatic heterocycles. The van der Waals surface area contributed by atoms with Crippen molar-refractivity contribution < 1.29 is 8.63 Å². The number of rotatable bonds is 4. The predicted molar refractivity (Wildman–Crippen MR) is 120 cm³/mol.